The summed E-state index contributed by atoms with van der Waals surface area (Å²) in [7, 11) is 0. The fourth-order valence-corrected chi connectivity index (χ4v) is 5.12. The molecule has 2 aliphatic heterocycles. The maximum atomic E-state index is 14.8. The number of ether oxygens (including phenoxy) is 1. The third-order valence-electron chi connectivity index (χ3n) is 5.50. The minimum Gasteiger partial charge on any atom is -0.375 e. The third kappa shape index (κ3) is 4.02. The molecule has 30 heavy (non-hydrogen) atoms. The Morgan fingerprint density at radius 2 is 2.07 bits per heavy atom. The van der Waals surface area contributed by atoms with Crippen molar-refractivity contribution >= 4 is 29.1 Å². The first-order valence-electron chi connectivity index (χ1n) is 9.61. The van der Waals surface area contributed by atoms with E-state index in [1.54, 1.807) is 24.3 Å². The molecule has 0 aromatic heterocycles. The van der Waals surface area contributed by atoms with Crippen LogP contribution in [0.25, 0.3) is 0 Å². The molecule has 156 valence electrons. The van der Waals surface area contributed by atoms with Gasteiger partial charge in [-0.15, -0.1) is 0 Å². The number of nitrogens with zero attached hydrogens (tertiary/aromatic N) is 1. The van der Waals surface area contributed by atoms with Crippen molar-refractivity contribution in [3.63, 3.8) is 0 Å². The van der Waals surface area contributed by atoms with E-state index in [9.17, 15) is 18.4 Å². The topological polar surface area (TPSA) is 67.8 Å². The lowest BCUT2D eigenvalue weighted by Gasteiger charge is -2.46. The predicted molar refractivity (Wildman–Crippen MR) is 110 cm³/mol. The highest BCUT2D eigenvalue weighted by Gasteiger charge is 2.49. The molecule has 0 spiro atoms. The van der Waals surface area contributed by atoms with E-state index in [1.165, 1.54) is 23.9 Å². The summed E-state index contributed by atoms with van der Waals surface area (Å²) in [6.07, 6.45) is 1.32. The van der Waals surface area contributed by atoms with Gasteiger partial charge in [0.2, 0.25) is 0 Å². The van der Waals surface area contributed by atoms with E-state index in [-0.39, 0.29) is 36.5 Å². The average molecular weight is 430 g/mol. The van der Waals surface area contributed by atoms with Gasteiger partial charge in [-0.3, -0.25) is 4.79 Å². The van der Waals surface area contributed by atoms with Crippen LogP contribution in [0.5, 0.6) is 0 Å². The average Bonchev–Trinajstić information content (AvgIpc) is 2.74. The normalized spacial score (nSPS) is 25.7. The van der Waals surface area contributed by atoms with Crippen LogP contribution in [0.3, 0.4) is 0 Å². The molecule has 1 amide bonds. The molecule has 3 unspecified atom stereocenters. The number of hydrogen-bond acceptors (Lipinski definition) is 5. The molecule has 1 saturated heterocycles. The van der Waals surface area contributed by atoms with Crippen LogP contribution in [-0.2, 0) is 15.1 Å². The first-order chi connectivity index (χ1) is 14.5. The maximum Gasteiger partial charge on any atom is 0.257 e. The number of aldehydes is 1. The molecule has 0 bridgehead atoms. The molecule has 5 nitrogen and oxygen atoms in total. The lowest BCUT2D eigenvalue weighted by atomic mass is 9.74. The van der Waals surface area contributed by atoms with E-state index in [2.05, 4.69) is 5.32 Å². The summed E-state index contributed by atoms with van der Waals surface area (Å²) in [6.45, 7) is 0.0456. The zero-order valence-electron chi connectivity index (χ0n) is 16.0. The second kappa shape index (κ2) is 8.65. The SMILES string of the molecule is O=CCC1CC2CSC(NC(=O)c3ccccc3)=NC2(c2ccc(F)cc2F)CO1. The van der Waals surface area contributed by atoms with Gasteiger partial charge < -0.3 is 14.8 Å². The van der Waals surface area contributed by atoms with E-state index in [0.29, 0.717) is 22.9 Å². The number of rotatable bonds is 4. The highest BCUT2D eigenvalue weighted by atomic mass is 32.2. The summed E-state index contributed by atoms with van der Waals surface area (Å²) in [5.41, 5.74) is -0.386. The quantitative estimate of drug-likeness (QED) is 0.752. The molecule has 0 radical (unpaired) electrons. The van der Waals surface area contributed by atoms with Crippen LogP contribution in [0.1, 0.15) is 28.8 Å². The number of thioether (sulfide) groups is 1. The number of carbonyl (C=O) groups excluding carboxylic acids is 2. The number of amides is 1. The Labute approximate surface area is 176 Å². The van der Waals surface area contributed by atoms with Gasteiger partial charge >= 0.3 is 0 Å². The van der Waals surface area contributed by atoms with Crippen molar-refractivity contribution < 1.29 is 23.1 Å². The lowest BCUT2D eigenvalue weighted by Crippen LogP contribution is -2.51. The van der Waals surface area contributed by atoms with Gasteiger partial charge in [0.1, 0.15) is 23.5 Å². The third-order valence-corrected chi connectivity index (χ3v) is 6.53. The molecule has 8 heteroatoms. The molecule has 4 rings (SSSR count). The summed E-state index contributed by atoms with van der Waals surface area (Å²) >= 11 is 1.37. The molecule has 2 heterocycles. The summed E-state index contributed by atoms with van der Waals surface area (Å²) in [5.74, 6) is -1.26. The number of nitrogens with one attached hydrogen (secondary N) is 1. The molecule has 2 aromatic rings. The van der Waals surface area contributed by atoms with E-state index >= 15 is 0 Å². The second-order valence-corrected chi connectivity index (χ2v) is 8.37. The summed E-state index contributed by atoms with van der Waals surface area (Å²) in [5, 5.41) is 3.16. The van der Waals surface area contributed by atoms with Crippen molar-refractivity contribution in [3.8, 4) is 0 Å². The van der Waals surface area contributed by atoms with Gasteiger partial charge in [-0.05, 0) is 24.6 Å². The minimum atomic E-state index is -1.10. The Bertz CT molecular complexity index is 986. The Balaban J connectivity index is 1.69. The van der Waals surface area contributed by atoms with E-state index in [0.717, 1.165) is 12.4 Å². The van der Waals surface area contributed by atoms with Gasteiger partial charge in [0, 0.05) is 35.3 Å². The van der Waals surface area contributed by atoms with Crippen LogP contribution in [-0.4, -0.2) is 35.8 Å². The molecule has 3 atom stereocenters. The second-order valence-electron chi connectivity index (χ2n) is 7.36. The van der Waals surface area contributed by atoms with Crippen molar-refractivity contribution in [2.75, 3.05) is 12.4 Å². The van der Waals surface area contributed by atoms with Crippen molar-refractivity contribution in [2.45, 2.75) is 24.5 Å². The molecular weight excluding hydrogens is 410 g/mol. The lowest BCUT2D eigenvalue weighted by molar-refractivity contribution is -0.114. The van der Waals surface area contributed by atoms with E-state index < -0.39 is 17.2 Å². The van der Waals surface area contributed by atoms with Crippen LogP contribution in [0.15, 0.2) is 53.5 Å². The zero-order valence-corrected chi connectivity index (χ0v) is 16.8. The van der Waals surface area contributed by atoms with Gasteiger partial charge in [-0.25, -0.2) is 13.8 Å². The van der Waals surface area contributed by atoms with Crippen molar-refractivity contribution in [1.29, 1.82) is 0 Å². The van der Waals surface area contributed by atoms with Crippen molar-refractivity contribution in [1.82, 2.24) is 5.32 Å². The zero-order chi connectivity index (χ0) is 21.1. The number of carbonyl (C=O) groups is 2. The van der Waals surface area contributed by atoms with Crippen LogP contribution in [0.2, 0.25) is 0 Å². The predicted octanol–water partition coefficient (Wildman–Crippen LogP) is 3.69. The molecule has 1 N–H and O–H groups in total. The Hall–Kier alpha value is -2.58. The molecule has 1 fully saturated rings. The smallest absolute Gasteiger partial charge is 0.257 e. The first kappa shape index (κ1) is 20.7. The summed E-state index contributed by atoms with van der Waals surface area (Å²) < 4.78 is 34.2. The number of fused-ring (bicyclic) bond motifs is 1. The number of benzene rings is 2. The van der Waals surface area contributed by atoms with E-state index in [1.807, 2.05) is 6.07 Å². The van der Waals surface area contributed by atoms with Crippen LogP contribution in [0.4, 0.5) is 8.78 Å². The highest BCUT2D eigenvalue weighted by molar-refractivity contribution is 8.13. The van der Waals surface area contributed by atoms with Crippen LogP contribution >= 0.6 is 11.8 Å². The van der Waals surface area contributed by atoms with Gasteiger partial charge in [-0.1, -0.05) is 36.0 Å². The maximum absolute atomic E-state index is 14.8. The monoisotopic (exact) mass is 430 g/mol. The Kier molecular flexibility index (Phi) is 5.97. The number of hydrogen-bond donors (Lipinski definition) is 1. The molecule has 0 aliphatic carbocycles. The first-order valence-corrected chi connectivity index (χ1v) is 10.6. The highest BCUT2D eigenvalue weighted by Crippen LogP contribution is 2.47. The fraction of sp³-hybridized carbons (Fsp3) is 0.318. The Morgan fingerprint density at radius 1 is 1.27 bits per heavy atom. The minimum absolute atomic E-state index is 0.0456. The molecular formula is C22H20F2N2O3S. The van der Waals surface area contributed by atoms with Gasteiger partial charge in [-0.2, -0.15) is 0 Å². The summed E-state index contributed by atoms with van der Waals surface area (Å²) in [6, 6.07) is 12.1. The Morgan fingerprint density at radius 3 is 2.80 bits per heavy atom. The standard InChI is InChI=1S/C22H20F2N2O3S/c23-16-6-7-18(19(24)11-16)22-13-29-17(8-9-27)10-15(22)12-30-21(26-22)25-20(28)14-4-2-1-3-5-14/h1-7,9,11,15,17H,8,10,12-13H2,(H,25,26,28). The largest absolute Gasteiger partial charge is 0.375 e. The van der Waals surface area contributed by atoms with Crippen LogP contribution < -0.4 is 5.32 Å². The molecule has 2 aromatic carbocycles. The van der Waals surface area contributed by atoms with Gasteiger partial charge in [0.15, 0.2) is 5.17 Å². The fourth-order valence-electron chi connectivity index (χ4n) is 3.96. The van der Waals surface area contributed by atoms with Crippen molar-refractivity contribution in [3.05, 3.63) is 71.3 Å². The van der Waals surface area contributed by atoms with Gasteiger partial charge in [0.25, 0.3) is 5.91 Å². The van der Waals surface area contributed by atoms with Gasteiger partial charge in [0.05, 0.1) is 12.7 Å². The van der Waals surface area contributed by atoms with Crippen molar-refractivity contribution in [2.24, 2.45) is 10.9 Å². The van der Waals surface area contributed by atoms with Crippen LogP contribution in [0, 0.1) is 17.6 Å². The summed E-state index contributed by atoms with van der Waals surface area (Å²) in [4.78, 5) is 28.2. The number of halogens is 2. The number of amidine groups is 1. The molecule has 2 aliphatic rings. The van der Waals surface area contributed by atoms with E-state index in [4.69, 9.17) is 9.73 Å². The molecule has 0 saturated carbocycles. The number of aliphatic imine (C=N–C) groups is 1.